The fourth-order valence-electron chi connectivity index (χ4n) is 2.34. The van der Waals surface area contributed by atoms with Crippen molar-refractivity contribution >= 4 is 0 Å². The molecule has 21 heavy (non-hydrogen) atoms. The number of nitrogens with one attached hydrogen (secondary N) is 1. The van der Waals surface area contributed by atoms with E-state index in [9.17, 15) is 0 Å². The lowest BCUT2D eigenvalue weighted by molar-refractivity contribution is 0.173. The molecule has 0 bridgehead atoms. The minimum atomic E-state index is 0.245. The fraction of sp³-hybridized carbons (Fsp3) is 0.647. The Labute approximate surface area is 127 Å². The van der Waals surface area contributed by atoms with Crippen LogP contribution < -0.4 is 19.5 Å². The van der Waals surface area contributed by atoms with E-state index in [0.717, 1.165) is 48.7 Å². The Kier molecular flexibility index (Phi) is 5.74. The number of rotatable bonds is 8. The average molecular weight is 293 g/mol. The second kappa shape index (κ2) is 7.55. The van der Waals surface area contributed by atoms with E-state index in [1.54, 1.807) is 0 Å². The highest BCUT2D eigenvalue weighted by molar-refractivity contribution is 5.51. The summed E-state index contributed by atoms with van der Waals surface area (Å²) in [5, 5.41) is 3.47. The summed E-state index contributed by atoms with van der Waals surface area (Å²) in [6.07, 6.45) is 2.25. The molecule has 2 rings (SSSR count). The van der Waals surface area contributed by atoms with Crippen LogP contribution in [0.1, 0.15) is 46.1 Å². The molecule has 1 aromatic rings. The maximum Gasteiger partial charge on any atom is 0.231 e. The molecule has 0 saturated heterocycles. The smallest absolute Gasteiger partial charge is 0.231 e. The Morgan fingerprint density at radius 3 is 2.43 bits per heavy atom. The molecule has 0 fully saturated rings. The van der Waals surface area contributed by atoms with Gasteiger partial charge in [0, 0.05) is 18.2 Å². The van der Waals surface area contributed by atoms with Crippen molar-refractivity contribution in [1.82, 2.24) is 5.32 Å². The van der Waals surface area contributed by atoms with E-state index in [0.29, 0.717) is 12.7 Å². The highest BCUT2D eigenvalue weighted by atomic mass is 16.7. The SMILES string of the molecule is CCC(CC)Oc1cc2c(cc1CNCC(C)C)OCO2. The predicted molar refractivity (Wildman–Crippen MR) is 84.1 cm³/mol. The summed E-state index contributed by atoms with van der Waals surface area (Å²) >= 11 is 0. The largest absolute Gasteiger partial charge is 0.490 e. The van der Waals surface area contributed by atoms with Crippen LogP contribution >= 0.6 is 0 Å². The highest BCUT2D eigenvalue weighted by Gasteiger charge is 2.19. The number of ether oxygens (including phenoxy) is 3. The van der Waals surface area contributed by atoms with Gasteiger partial charge in [-0.1, -0.05) is 27.7 Å². The third kappa shape index (κ3) is 4.27. The minimum Gasteiger partial charge on any atom is -0.490 e. The van der Waals surface area contributed by atoms with Crippen LogP contribution in [0, 0.1) is 5.92 Å². The molecule has 0 atom stereocenters. The summed E-state index contributed by atoms with van der Waals surface area (Å²) in [6, 6.07) is 4.00. The molecule has 0 unspecified atom stereocenters. The standard InChI is InChI=1S/C17H27NO3/c1-5-14(6-2)21-15-8-17-16(19-11-20-17)7-13(15)10-18-9-12(3)4/h7-8,12,14,18H,5-6,9-11H2,1-4H3. The molecule has 0 aliphatic carbocycles. The Morgan fingerprint density at radius 1 is 1.14 bits per heavy atom. The van der Waals surface area contributed by atoms with Gasteiger partial charge in [0.05, 0.1) is 6.10 Å². The number of hydrogen-bond acceptors (Lipinski definition) is 4. The molecule has 4 nitrogen and oxygen atoms in total. The Bertz CT molecular complexity index is 456. The third-order valence-corrected chi connectivity index (χ3v) is 3.63. The first kappa shape index (κ1) is 16.0. The summed E-state index contributed by atoms with van der Waals surface area (Å²) in [5.41, 5.74) is 1.13. The Hall–Kier alpha value is -1.42. The van der Waals surface area contributed by atoms with Gasteiger partial charge in [-0.15, -0.1) is 0 Å². The molecule has 118 valence electrons. The van der Waals surface area contributed by atoms with Gasteiger partial charge < -0.3 is 19.5 Å². The summed E-state index contributed by atoms with van der Waals surface area (Å²) < 4.78 is 17.1. The van der Waals surface area contributed by atoms with Gasteiger partial charge in [-0.05, 0) is 31.4 Å². The summed E-state index contributed by atoms with van der Waals surface area (Å²) in [7, 11) is 0. The Balaban J connectivity index is 2.15. The Morgan fingerprint density at radius 2 is 1.81 bits per heavy atom. The molecule has 0 amide bonds. The molecule has 4 heteroatoms. The molecule has 1 aliphatic heterocycles. The van der Waals surface area contributed by atoms with Gasteiger partial charge in [0.25, 0.3) is 0 Å². The van der Waals surface area contributed by atoms with Crippen molar-refractivity contribution < 1.29 is 14.2 Å². The second-order valence-electron chi connectivity index (χ2n) is 5.89. The predicted octanol–water partition coefficient (Wildman–Crippen LogP) is 3.73. The maximum atomic E-state index is 6.15. The number of hydrogen-bond donors (Lipinski definition) is 1. The van der Waals surface area contributed by atoms with Gasteiger partial charge in [0.2, 0.25) is 6.79 Å². The number of fused-ring (bicyclic) bond motifs is 1. The topological polar surface area (TPSA) is 39.7 Å². The van der Waals surface area contributed by atoms with E-state index in [1.807, 2.05) is 12.1 Å². The van der Waals surface area contributed by atoms with E-state index >= 15 is 0 Å². The monoisotopic (exact) mass is 293 g/mol. The normalized spacial score (nSPS) is 13.2. The van der Waals surface area contributed by atoms with Gasteiger partial charge >= 0.3 is 0 Å². The van der Waals surface area contributed by atoms with Crippen molar-refractivity contribution in [2.24, 2.45) is 5.92 Å². The van der Waals surface area contributed by atoms with Crippen LogP contribution in [0.5, 0.6) is 17.2 Å². The zero-order chi connectivity index (χ0) is 15.2. The van der Waals surface area contributed by atoms with E-state index in [1.165, 1.54) is 0 Å². The van der Waals surface area contributed by atoms with Crippen LogP contribution in [0.2, 0.25) is 0 Å². The third-order valence-electron chi connectivity index (χ3n) is 3.63. The zero-order valence-corrected chi connectivity index (χ0v) is 13.6. The van der Waals surface area contributed by atoms with E-state index < -0.39 is 0 Å². The lowest BCUT2D eigenvalue weighted by Gasteiger charge is -2.19. The quantitative estimate of drug-likeness (QED) is 0.793. The molecule has 1 N–H and O–H groups in total. The maximum absolute atomic E-state index is 6.15. The van der Waals surface area contributed by atoms with Crippen LogP contribution in [0.3, 0.4) is 0 Å². The van der Waals surface area contributed by atoms with Crippen molar-refractivity contribution in [3.8, 4) is 17.2 Å². The minimum absolute atomic E-state index is 0.245. The van der Waals surface area contributed by atoms with E-state index in [4.69, 9.17) is 14.2 Å². The molecule has 0 radical (unpaired) electrons. The molecule has 1 aromatic carbocycles. The molecular weight excluding hydrogens is 266 g/mol. The van der Waals surface area contributed by atoms with Crippen molar-refractivity contribution in [3.63, 3.8) is 0 Å². The highest BCUT2D eigenvalue weighted by Crippen LogP contribution is 2.38. The zero-order valence-electron chi connectivity index (χ0n) is 13.6. The van der Waals surface area contributed by atoms with Gasteiger partial charge in [0.1, 0.15) is 5.75 Å². The average Bonchev–Trinajstić information content (AvgIpc) is 2.91. The summed E-state index contributed by atoms with van der Waals surface area (Å²) in [5.74, 6) is 3.13. The molecule has 1 heterocycles. The first-order chi connectivity index (χ1) is 10.1. The fourth-order valence-corrected chi connectivity index (χ4v) is 2.34. The molecule has 1 aliphatic rings. The van der Waals surface area contributed by atoms with Crippen LogP contribution in [0.15, 0.2) is 12.1 Å². The summed E-state index contributed by atoms with van der Waals surface area (Å²) in [4.78, 5) is 0. The lowest BCUT2D eigenvalue weighted by Crippen LogP contribution is -2.20. The van der Waals surface area contributed by atoms with E-state index in [2.05, 4.69) is 33.0 Å². The molecule has 0 spiro atoms. The van der Waals surface area contributed by atoms with Gasteiger partial charge in [-0.25, -0.2) is 0 Å². The van der Waals surface area contributed by atoms with Crippen molar-refractivity contribution in [2.75, 3.05) is 13.3 Å². The van der Waals surface area contributed by atoms with Gasteiger partial charge in [-0.2, -0.15) is 0 Å². The molecule has 0 aromatic heterocycles. The summed E-state index contributed by atoms with van der Waals surface area (Å²) in [6.45, 7) is 10.8. The van der Waals surface area contributed by atoms with Crippen molar-refractivity contribution in [2.45, 2.75) is 53.2 Å². The van der Waals surface area contributed by atoms with Crippen LogP contribution in [0.4, 0.5) is 0 Å². The van der Waals surface area contributed by atoms with Crippen LogP contribution in [-0.4, -0.2) is 19.4 Å². The molecule has 0 saturated carbocycles. The molecular formula is C17H27NO3. The first-order valence-electron chi connectivity index (χ1n) is 7.93. The van der Waals surface area contributed by atoms with Crippen molar-refractivity contribution in [3.05, 3.63) is 17.7 Å². The van der Waals surface area contributed by atoms with Crippen molar-refractivity contribution in [1.29, 1.82) is 0 Å². The number of benzene rings is 1. The van der Waals surface area contributed by atoms with Crippen LogP contribution in [-0.2, 0) is 6.54 Å². The lowest BCUT2D eigenvalue weighted by atomic mass is 10.1. The second-order valence-corrected chi connectivity index (χ2v) is 5.89. The first-order valence-corrected chi connectivity index (χ1v) is 7.93. The van der Waals surface area contributed by atoms with Crippen LogP contribution in [0.25, 0.3) is 0 Å². The van der Waals surface area contributed by atoms with E-state index in [-0.39, 0.29) is 6.10 Å². The van der Waals surface area contributed by atoms with Gasteiger partial charge in [-0.3, -0.25) is 0 Å². The van der Waals surface area contributed by atoms with Gasteiger partial charge in [0.15, 0.2) is 11.5 Å².